The standard InChI is InChI=1S/C14H25NO4/c1-10(2)14(3,13(18)19)7-12(17)15-6-4-5-11(8-15)9-16/h10-11,16H,4-9H2,1-3H3,(H,18,19). The summed E-state index contributed by atoms with van der Waals surface area (Å²) in [5.74, 6) is -1.01. The zero-order valence-electron chi connectivity index (χ0n) is 12.1. The minimum Gasteiger partial charge on any atom is -0.481 e. The van der Waals surface area contributed by atoms with Crippen LogP contribution in [-0.2, 0) is 9.59 Å². The first kappa shape index (κ1) is 16.0. The largest absolute Gasteiger partial charge is 0.481 e. The van der Waals surface area contributed by atoms with Gasteiger partial charge in [0, 0.05) is 26.1 Å². The van der Waals surface area contributed by atoms with Crippen molar-refractivity contribution < 1.29 is 19.8 Å². The molecule has 2 N–H and O–H groups in total. The predicted octanol–water partition coefficient (Wildman–Crippen LogP) is 1.35. The Balaban J connectivity index is 2.70. The average molecular weight is 271 g/mol. The van der Waals surface area contributed by atoms with Gasteiger partial charge in [0.15, 0.2) is 0 Å². The number of amides is 1. The van der Waals surface area contributed by atoms with Crippen molar-refractivity contribution in [2.45, 2.75) is 40.0 Å². The topological polar surface area (TPSA) is 77.8 Å². The maximum Gasteiger partial charge on any atom is 0.310 e. The third-order valence-corrected chi connectivity index (χ3v) is 4.41. The van der Waals surface area contributed by atoms with E-state index in [9.17, 15) is 14.7 Å². The van der Waals surface area contributed by atoms with Gasteiger partial charge >= 0.3 is 5.97 Å². The van der Waals surface area contributed by atoms with Crippen LogP contribution < -0.4 is 0 Å². The zero-order valence-corrected chi connectivity index (χ0v) is 12.1. The lowest BCUT2D eigenvalue weighted by molar-refractivity contribution is -0.156. The molecule has 1 saturated heterocycles. The summed E-state index contributed by atoms with van der Waals surface area (Å²) in [6, 6.07) is 0. The molecule has 19 heavy (non-hydrogen) atoms. The number of hydrogen-bond donors (Lipinski definition) is 2. The number of rotatable bonds is 5. The Morgan fingerprint density at radius 2 is 2.05 bits per heavy atom. The summed E-state index contributed by atoms with van der Waals surface area (Å²) in [6.07, 6.45) is 1.83. The number of aliphatic hydroxyl groups excluding tert-OH is 1. The van der Waals surface area contributed by atoms with Gasteiger partial charge in [0.05, 0.1) is 5.41 Å². The summed E-state index contributed by atoms with van der Waals surface area (Å²) in [4.78, 5) is 25.4. The summed E-state index contributed by atoms with van der Waals surface area (Å²) >= 11 is 0. The first-order valence-corrected chi connectivity index (χ1v) is 6.93. The van der Waals surface area contributed by atoms with E-state index in [0.717, 1.165) is 12.8 Å². The number of carbonyl (C=O) groups is 2. The van der Waals surface area contributed by atoms with Crippen LogP contribution in [0.4, 0.5) is 0 Å². The second kappa shape index (κ2) is 6.37. The summed E-state index contributed by atoms with van der Waals surface area (Å²) in [5.41, 5.74) is -1.02. The number of piperidine rings is 1. The van der Waals surface area contributed by atoms with Crippen molar-refractivity contribution in [1.29, 1.82) is 0 Å². The minimum absolute atomic E-state index is 0.0259. The fraction of sp³-hybridized carbons (Fsp3) is 0.857. The SMILES string of the molecule is CC(C)C(C)(CC(=O)N1CCCC(CO)C1)C(=O)O. The number of carboxylic acids is 1. The molecule has 1 fully saturated rings. The molecular weight excluding hydrogens is 246 g/mol. The molecule has 5 nitrogen and oxygen atoms in total. The van der Waals surface area contributed by atoms with Crippen LogP contribution >= 0.6 is 0 Å². The number of aliphatic hydroxyl groups is 1. The molecule has 0 saturated carbocycles. The maximum absolute atomic E-state index is 12.3. The van der Waals surface area contributed by atoms with E-state index in [1.54, 1.807) is 11.8 Å². The summed E-state index contributed by atoms with van der Waals surface area (Å²) in [5, 5.41) is 18.5. The van der Waals surface area contributed by atoms with E-state index in [1.807, 2.05) is 13.8 Å². The first-order chi connectivity index (χ1) is 8.81. The molecule has 0 aromatic carbocycles. The van der Waals surface area contributed by atoms with Crippen LogP contribution in [-0.4, -0.2) is 46.7 Å². The van der Waals surface area contributed by atoms with Crippen LogP contribution in [0.2, 0.25) is 0 Å². The number of likely N-dealkylation sites (tertiary alicyclic amines) is 1. The van der Waals surface area contributed by atoms with E-state index in [0.29, 0.717) is 13.1 Å². The normalized spacial score (nSPS) is 23.2. The van der Waals surface area contributed by atoms with Crippen LogP contribution in [0.1, 0.15) is 40.0 Å². The van der Waals surface area contributed by atoms with Gasteiger partial charge in [-0.05, 0) is 31.6 Å². The molecule has 1 rings (SSSR count). The molecule has 0 aromatic heterocycles. The average Bonchev–Trinajstić information content (AvgIpc) is 2.38. The van der Waals surface area contributed by atoms with Crippen LogP contribution in [0.15, 0.2) is 0 Å². The molecule has 2 unspecified atom stereocenters. The van der Waals surface area contributed by atoms with Crippen LogP contribution in [0, 0.1) is 17.3 Å². The van der Waals surface area contributed by atoms with E-state index in [-0.39, 0.29) is 30.8 Å². The Labute approximate surface area is 114 Å². The molecule has 2 atom stereocenters. The van der Waals surface area contributed by atoms with Crippen molar-refractivity contribution in [3.05, 3.63) is 0 Å². The monoisotopic (exact) mass is 271 g/mol. The number of carbonyl (C=O) groups excluding carboxylic acids is 1. The van der Waals surface area contributed by atoms with Crippen LogP contribution in [0.25, 0.3) is 0 Å². The second-order valence-electron chi connectivity index (χ2n) is 6.08. The van der Waals surface area contributed by atoms with E-state index >= 15 is 0 Å². The van der Waals surface area contributed by atoms with Gasteiger partial charge in [-0.2, -0.15) is 0 Å². The van der Waals surface area contributed by atoms with E-state index < -0.39 is 11.4 Å². The number of hydrogen-bond acceptors (Lipinski definition) is 3. The minimum atomic E-state index is -1.02. The third kappa shape index (κ3) is 3.69. The highest BCUT2D eigenvalue weighted by Gasteiger charge is 2.40. The smallest absolute Gasteiger partial charge is 0.310 e. The van der Waals surface area contributed by atoms with E-state index in [4.69, 9.17) is 5.11 Å². The van der Waals surface area contributed by atoms with E-state index in [2.05, 4.69) is 0 Å². The predicted molar refractivity (Wildman–Crippen MR) is 71.6 cm³/mol. The van der Waals surface area contributed by atoms with Gasteiger partial charge in [0.2, 0.25) is 5.91 Å². The van der Waals surface area contributed by atoms with Gasteiger partial charge in [-0.25, -0.2) is 0 Å². The highest BCUT2D eigenvalue weighted by molar-refractivity contribution is 5.85. The Morgan fingerprint density at radius 3 is 2.53 bits per heavy atom. The van der Waals surface area contributed by atoms with Gasteiger partial charge in [0.25, 0.3) is 0 Å². The van der Waals surface area contributed by atoms with E-state index in [1.165, 1.54) is 0 Å². The fourth-order valence-corrected chi connectivity index (χ4v) is 2.39. The fourth-order valence-electron chi connectivity index (χ4n) is 2.39. The molecule has 0 aromatic rings. The van der Waals surface area contributed by atoms with Gasteiger partial charge in [0.1, 0.15) is 0 Å². The summed E-state index contributed by atoms with van der Waals surface area (Å²) < 4.78 is 0. The molecule has 1 aliphatic rings. The van der Waals surface area contributed by atoms with Gasteiger partial charge in [-0.15, -0.1) is 0 Å². The van der Waals surface area contributed by atoms with Gasteiger partial charge in [-0.3, -0.25) is 9.59 Å². The van der Waals surface area contributed by atoms with Crippen molar-refractivity contribution in [1.82, 2.24) is 4.90 Å². The maximum atomic E-state index is 12.3. The summed E-state index contributed by atoms with van der Waals surface area (Å²) in [6.45, 7) is 6.59. The highest BCUT2D eigenvalue weighted by Crippen LogP contribution is 2.32. The third-order valence-electron chi connectivity index (χ3n) is 4.41. The zero-order chi connectivity index (χ0) is 14.6. The van der Waals surface area contributed by atoms with Gasteiger partial charge in [-0.1, -0.05) is 13.8 Å². The number of aliphatic carboxylic acids is 1. The van der Waals surface area contributed by atoms with Crippen LogP contribution in [0.5, 0.6) is 0 Å². The Hall–Kier alpha value is -1.10. The van der Waals surface area contributed by atoms with Crippen molar-refractivity contribution in [3.8, 4) is 0 Å². The molecule has 1 heterocycles. The number of carboxylic acid groups (broad SMARTS) is 1. The van der Waals surface area contributed by atoms with Crippen LogP contribution in [0.3, 0.4) is 0 Å². The Kier molecular flexibility index (Phi) is 5.35. The van der Waals surface area contributed by atoms with Crippen molar-refractivity contribution in [2.24, 2.45) is 17.3 Å². The summed E-state index contributed by atoms with van der Waals surface area (Å²) in [7, 11) is 0. The quantitative estimate of drug-likeness (QED) is 0.791. The Bertz CT molecular complexity index is 342. The first-order valence-electron chi connectivity index (χ1n) is 6.93. The van der Waals surface area contributed by atoms with Crippen molar-refractivity contribution in [2.75, 3.05) is 19.7 Å². The lowest BCUT2D eigenvalue weighted by atomic mass is 9.76. The number of nitrogens with zero attached hydrogens (tertiary/aromatic N) is 1. The molecule has 110 valence electrons. The molecular formula is C14H25NO4. The molecule has 0 radical (unpaired) electrons. The molecule has 0 spiro atoms. The van der Waals surface area contributed by atoms with Gasteiger partial charge < -0.3 is 15.1 Å². The lowest BCUT2D eigenvalue weighted by Gasteiger charge is -2.35. The molecule has 1 amide bonds. The Morgan fingerprint density at radius 1 is 1.42 bits per heavy atom. The second-order valence-corrected chi connectivity index (χ2v) is 6.08. The molecule has 1 aliphatic heterocycles. The lowest BCUT2D eigenvalue weighted by Crippen LogP contribution is -2.45. The van der Waals surface area contributed by atoms with Crippen molar-refractivity contribution in [3.63, 3.8) is 0 Å². The van der Waals surface area contributed by atoms with Crippen molar-refractivity contribution >= 4 is 11.9 Å². The molecule has 0 bridgehead atoms. The highest BCUT2D eigenvalue weighted by atomic mass is 16.4. The molecule has 0 aliphatic carbocycles. The molecule has 5 heteroatoms.